The molecular formula is C20H17N5O3S2. The topological polar surface area (TPSA) is 127 Å². The average Bonchev–Trinajstić information content (AvgIpc) is 3.21. The average molecular weight is 440 g/mol. The predicted molar refractivity (Wildman–Crippen MR) is 113 cm³/mol. The number of carbonyl (C=O) groups is 1. The Morgan fingerprint density at radius 3 is 2.37 bits per heavy atom. The summed E-state index contributed by atoms with van der Waals surface area (Å²) >= 11 is 1.51. The van der Waals surface area contributed by atoms with Gasteiger partial charge < -0.3 is 5.32 Å². The van der Waals surface area contributed by atoms with Gasteiger partial charge >= 0.3 is 0 Å². The van der Waals surface area contributed by atoms with Crippen molar-refractivity contribution in [2.75, 3.05) is 18.4 Å². The Bertz CT molecular complexity index is 1220. The van der Waals surface area contributed by atoms with E-state index in [1.165, 1.54) is 35.6 Å². The fourth-order valence-corrected chi connectivity index (χ4v) is 4.87. The third-order valence-electron chi connectivity index (χ3n) is 4.29. The van der Waals surface area contributed by atoms with E-state index in [-0.39, 0.29) is 36.7 Å². The Kier molecular flexibility index (Phi) is 6.75. The lowest BCUT2D eigenvalue weighted by molar-refractivity contribution is 0.102. The van der Waals surface area contributed by atoms with Crippen LogP contribution >= 0.6 is 11.3 Å². The van der Waals surface area contributed by atoms with Gasteiger partial charge in [0, 0.05) is 37.2 Å². The number of hydrogen-bond donors (Lipinski definition) is 1. The van der Waals surface area contributed by atoms with Crippen molar-refractivity contribution in [1.82, 2.24) is 9.29 Å². The van der Waals surface area contributed by atoms with Gasteiger partial charge in [0.2, 0.25) is 10.0 Å². The monoisotopic (exact) mass is 439 g/mol. The Hall–Kier alpha value is -3.31. The van der Waals surface area contributed by atoms with Gasteiger partial charge in [0.25, 0.3) is 5.91 Å². The molecule has 0 saturated carbocycles. The summed E-state index contributed by atoms with van der Waals surface area (Å²) in [6.07, 6.45) is 0.0446. The molecule has 0 aliphatic carbocycles. The summed E-state index contributed by atoms with van der Waals surface area (Å²) in [7, 11) is -3.87. The number of benzene rings is 2. The first kappa shape index (κ1) is 21.4. The highest BCUT2D eigenvalue weighted by Gasteiger charge is 2.24. The summed E-state index contributed by atoms with van der Waals surface area (Å²) in [6.45, 7) is 0.00366. The van der Waals surface area contributed by atoms with E-state index in [4.69, 9.17) is 10.5 Å². The van der Waals surface area contributed by atoms with Crippen molar-refractivity contribution in [1.29, 1.82) is 10.5 Å². The fourth-order valence-electron chi connectivity index (χ4n) is 2.77. The molecular weight excluding hydrogens is 422 g/mol. The number of nitriles is 2. The molecule has 0 aliphatic heterocycles. The van der Waals surface area contributed by atoms with Gasteiger partial charge in [-0.3, -0.25) is 4.79 Å². The maximum absolute atomic E-state index is 12.8. The molecule has 0 saturated heterocycles. The molecule has 0 atom stereocenters. The molecule has 8 nitrogen and oxygen atoms in total. The van der Waals surface area contributed by atoms with Crippen LogP contribution in [0.1, 0.15) is 23.2 Å². The van der Waals surface area contributed by atoms with Crippen molar-refractivity contribution < 1.29 is 13.2 Å². The molecule has 1 aromatic heterocycles. The van der Waals surface area contributed by atoms with Gasteiger partial charge in [-0.25, -0.2) is 13.4 Å². The molecule has 1 amide bonds. The van der Waals surface area contributed by atoms with Crippen LogP contribution < -0.4 is 5.32 Å². The molecule has 3 aromatic rings. The lowest BCUT2D eigenvalue weighted by Gasteiger charge is -2.20. The minimum Gasteiger partial charge on any atom is -0.322 e. The number of rotatable bonds is 8. The van der Waals surface area contributed by atoms with E-state index >= 15 is 0 Å². The summed E-state index contributed by atoms with van der Waals surface area (Å²) in [5, 5.41) is 20.3. The second kappa shape index (κ2) is 9.46. The number of amides is 1. The molecule has 10 heteroatoms. The van der Waals surface area contributed by atoms with Crippen molar-refractivity contribution in [3.05, 3.63) is 53.5 Å². The highest BCUT2D eigenvalue weighted by atomic mass is 32.2. The highest BCUT2D eigenvalue weighted by molar-refractivity contribution is 7.89. The number of nitrogens with one attached hydrogen (secondary N) is 1. The zero-order valence-corrected chi connectivity index (χ0v) is 17.4. The Morgan fingerprint density at radius 2 is 1.73 bits per heavy atom. The van der Waals surface area contributed by atoms with E-state index in [0.29, 0.717) is 11.3 Å². The van der Waals surface area contributed by atoms with Crippen LogP contribution in [0.3, 0.4) is 0 Å². The smallest absolute Gasteiger partial charge is 0.255 e. The first-order valence-corrected chi connectivity index (χ1v) is 11.3. The first-order valence-electron chi connectivity index (χ1n) is 8.94. The van der Waals surface area contributed by atoms with Gasteiger partial charge in [0.1, 0.15) is 0 Å². The lowest BCUT2D eigenvalue weighted by atomic mass is 10.2. The number of fused-ring (bicyclic) bond motifs is 1. The van der Waals surface area contributed by atoms with Crippen molar-refractivity contribution in [3.63, 3.8) is 0 Å². The van der Waals surface area contributed by atoms with Crippen molar-refractivity contribution in [2.45, 2.75) is 17.7 Å². The van der Waals surface area contributed by atoms with E-state index in [1.54, 1.807) is 17.6 Å². The van der Waals surface area contributed by atoms with Gasteiger partial charge in [0.05, 0.1) is 32.8 Å². The summed E-state index contributed by atoms with van der Waals surface area (Å²) < 4.78 is 27.8. The number of anilines is 1. The minimum atomic E-state index is -3.87. The van der Waals surface area contributed by atoms with Crippen LogP contribution in [-0.2, 0) is 10.0 Å². The Morgan fingerprint density at radius 1 is 1.07 bits per heavy atom. The largest absolute Gasteiger partial charge is 0.322 e. The lowest BCUT2D eigenvalue weighted by Crippen LogP contribution is -2.32. The van der Waals surface area contributed by atoms with E-state index in [0.717, 1.165) is 14.5 Å². The van der Waals surface area contributed by atoms with Crippen LogP contribution in [0.2, 0.25) is 0 Å². The molecule has 0 fully saturated rings. The first-order chi connectivity index (χ1) is 14.5. The van der Waals surface area contributed by atoms with Crippen LogP contribution in [0.4, 0.5) is 5.69 Å². The van der Waals surface area contributed by atoms with E-state index in [2.05, 4.69) is 10.3 Å². The zero-order valence-electron chi connectivity index (χ0n) is 15.8. The number of aromatic nitrogens is 1. The molecule has 0 spiro atoms. The second-order valence-corrected chi connectivity index (χ2v) is 9.06. The van der Waals surface area contributed by atoms with Gasteiger partial charge in [-0.15, -0.1) is 11.3 Å². The molecule has 0 aliphatic rings. The van der Waals surface area contributed by atoms with Crippen molar-refractivity contribution in [2.24, 2.45) is 0 Å². The molecule has 0 radical (unpaired) electrons. The summed E-state index contributed by atoms with van der Waals surface area (Å²) in [4.78, 5) is 16.7. The maximum Gasteiger partial charge on any atom is 0.255 e. The minimum absolute atomic E-state index is 0.00109. The van der Waals surface area contributed by atoms with Crippen LogP contribution in [0.25, 0.3) is 10.2 Å². The van der Waals surface area contributed by atoms with Gasteiger partial charge in [-0.2, -0.15) is 14.8 Å². The molecule has 0 unspecified atom stereocenters. The van der Waals surface area contributed by atoms with Gasteiger partial charge in [-0.1, -0.05) is 0 Å². The molecule has 1 N–H and O–H groups in total. The molecule has 152 valence electrons. The second-order valence-electron chi connectivity index (χ2n) is 6.23. The van der Waals surface area contributed by atoms with Crippen LogP contribution in [-0.4, -0.2) is 36.7 Å². The van der Waals surface area contributed by atoms with E-state index in [9.17, 15) is 13.2 Å². The molecule has 0 bridgehead atoms. The third kappa shape index (κ3) is 4.81. The van der Waals surface area contributed by atoms with E-state index < -0.39 is 10.0 Å². The Balaban J connectivity index is 1.75. The van der Waals surface area contributed by atoms with E-state index in [1.807, 2.05) is 18.2 Å². The summed E-state index contributed by atoms with van der Waals surface area (Å²) in [6, 6.07) is 14.8. The van der Waals surface area contributed by atoms with Crippen LogP contribution in [0.5, 0.6) is 0 Å². The highest BCUT2D eigenvalue weighted by Crippen LogP contribution is 2.22. The number of sulfonamides is 1. The summed E-state index contributed by atoms with van der Waals surface area (Å²) in [5.41, 5.74) is 3.41. The standard InChI is InChI=1S/C20H17N5O3S2/c21-9-1-11-25(12-2-10-22)30(27,28)17-6-3-15(4-7-17)20(26)24-16-5-8-19-18(13-16)23-14-29-19/h3-8,13-14H,1-2,11-12H2,(H,24,26). The SMILES string of the molecule is N#CCCN(CCC#N)S(=O)(=O)c1ccc(C(=O)Nc2ccc3scnc3c2)cc1. The number of thiazole rings is 1. The molecule has 1 heterocycles. The normalized spacial score (nSPS) is 11.2. The Labute approximate surface area is 178 Å². The predicted octanol–water partition coefficient (Wildman–Crippen LogP) is 3.37. The number of hydrogen-bond acceptors (Lipinski definition) is 7. The quantitative estimate of drug-likeness (QED) is 0.573. The van der Waals surface area contributed by atoms with Crippen molar-refractivity contribution >= 4 is 43.2 Å². The number of carbonyl (C=O) groups excluding carboxylic acids is 1. The molecule has 30 heavy (non-hydrogen) atoms. The van der Waals surface area contributed by atoms with Crippen molar-refractivity contribution in [3.8, 4) is 12.1 Å². The fraction of sp³-hybridized carbons (Fsp3) is 0.200. The summed E-state index contributed by atoms with van der Waals surface area (Å²) in [5.74, 6) is -0.376. The van der Waals surface area contributed by atoms with Crippen LogP contribution in [0, 0.1) is 22.7 Å². The van der Waals surface area contributed by atoms with Gasteiger partial charge in [-0.05, 0) is 42.5 Å². The molecule has 2 aromatic carbocycles. The number of nitrogens with zero attached hydrogens (tertiary/aromatic N) is 4. The van der Waals surface area contributed by atoms with Gasteiger partial charge in [0.15, 0.2) is 0 Å². The third-order valence-corrected chi connectivity index (χ3v) is 7.01. The maximum atomic E-state index is 12.8. The molecule has 3 rings (SSSR count). The van der Waals surface area contributed by atoms with Crippen LogP contribution in [0.15, 0.2) is 52.9 Å². The zero-order chi connectivity index (χ0) is 21.6.